The van der Waals surface area contributed by atoms with Crippen LogP contribution in [0.2, 0.25) is 0 Å². The van der Waals surface area contributed by atoms with Gasteiger partial charge in [-0.05, 0) is 36.8 Å². The van der Waals surface area contributed by atoms with Crippen molar-refractivity contribution in [3.63, 3.8) is 0 Å². The second kappa shape index (κ2) is 6.28. The van der Waals surface area contributed by atoms with Crippen molar-refractivity contribution in [2.45, 2.75) is 25.8 Å². The summed E-state index contributed by atoms with van der Waals surface area (Å²) in [6, 6.07) is 3.55. The van der Waals surface area contributed by atoms with Crippen molar-refractivity contribution in [1.29, 1.82) is 0 Å². The maximum absolute atomic E-state index is 13.2. The second-order valence-corrected chi connectivity index (χ2v) is 5.38. The predicted molar refractivity (Wildman–Crippen MR) is 72.9 cm³/mol. The molecule has 1 aliphatic carbocycles. The molecule has 0 aromatic heterocycles. The van der Waals surface area contributed by atoms with Crippen LogP contribution in [0.3, 0.4) is 0 Å². The summed E-state index contributed by atoms with van der Waals surface area (Å²) in [5.41, 5.74) is 0.608. The Balaban J connectivity index is 1.91. The summed E-state index contributed by atoms with van der Waals surface area (Å²) in [6.45, 7) is 1.81. The highest BCUT2D eigenvalue weighted by Gasteiger charge is 2.41. The van der Waals surface area contributed by atoms with Gasteiger partial charge in [0.1, 0.15) is 5.82 Å². The molecular formula is C14H19FN2O3. The van der Waals surface area contributed by atoms with Crippen LogP contribution < -0.4 is 5.32 Å². The molecule has 110 valence electrons. The molecule has 0 unspecified atom stereocenters. The van der Waals surface area contributed by atoms with Crippen LogP contribution in [0.15, 0.2) is 18.2 Å². The molecule has 2 rings (SSSR count). The number of hydrogen-bond acceptors (Lipinski definition) is 4. The number of rotatable bonds is 8. The van der Waals surface area contributed by atoms with Crippen LogP contribution in [0, 0.1) is 21.3 Å². The Morgan fingerprint density at radius 2 is 2.25 bits per heavy atom. The van der Waals surface area contributed by atoms with Gasteiger partial charge in [0.05, 0.1) is 4.92 Å². The van der Waals surface area contributed by atoms with Crippen molar-refractivity contribution in [1.82, 2.24) is 5.32 Å². The molecule has 0 atom stereocenters. The summed E-state index contributed by atoms with van der Waals surface area (Å²) in [7, 11) is 1.68. The monoisotopic (exact) mass is 282 g/mol. The van der Waals surface area contributed by atoms with Gasteiger partial charge in [0, 0.05) is 38.4 Å². The molecule has 1 aromatic rings. The maximum atomic E-state index is 13.2. The first-order chi connectivity index (χ1) is 9.56. The first-order valence-electron chi connectivity index (χ1n) is 6.69. The third kappa shape index (κ3) is 3.74. The van der Waals surface area contributed by atoms with E-state index < -0.39 is 10.7 Å². The molecule has 0 spiro atoms. The number of nitrogens with one attached hydrogen (secondary N) is 1. The van der Waals surface area contributed by atoms with Gasteiger partial charge < -0.3 is 10.1 Å². The minimum atomic E-state index is -0.478. The lowest BCUT2D eigenvalue weighted by Crippen LogP contribution is -2.25. The summed E-state index contributed by atoms with van der Waals surface area (Å²) in [4.78, 5) is 10.4. The zero-order valence-electron chi connectivity index (χ0n) is 11.5. The highest BCUT2D eigenvalue weighted by molar-refractivity contribution is 5.40. The van der Waals surface area contributed by atoms with Crippen molar-refractivity contribution in [2.75, 3.05) is 20.3 Å². The SMILES string of the molecule is COCCC1(CNCc2cc(F)ccc2[N+](=O)[O-])CC1. The van der Waals surface area contributed by atoms with E-state index in [1.807, 2.05) is 0 Å². The van der Waals surface area contributed by atoms with E-state index in [0.29, 0.717) is 12.1 Å². The fourth-order valence-corrected chi connectivity index (χ4v) is 2.35. The van der Waals surface area contributed by atoms with Crippen LogP contribution in [-0.2, 0) is 11.3 Å². The molecule has 1 N–H and O–H groups in total. The molecule has 1 saturated carbocycles. The van der Waals surface area contributed by atoms with Gasteiger partial charge in [-0.15, -0.1) is 0 Å². The molecule has 0 amide bonds. The fraction of sp³-hybridized carbons (Fsp3) is 0.571. The van der Waals surface area contributed by atoms with E-state index in [0.717, 1.165) is 38.5 Å². The number of nitrogens with zero attached hydrogens (tertiary/aromatic N) is 1. The van der Waals surface area contributed by atoms with Crippen molar-refractivity contribution in [2.24, 2.45) is 5.41 Å². The molecule has 0 saturated heterocycles. The number of ether oxygens (including phenoxy) is 1. The Hall–Kier alpha value is -1.53. The average Bonchev–Trinajstić information content (AvgIpc) is 3.17. The smallest absolute Gasteiger partial charge is 0.274 e. The van der Waals surface area contributed by atoms with Gasteiger partial charge in [0.15, 0.2) is 0 Å². The Morgan fingerprint density at radius 1 is 1.50 bits per heavy atom. The molecule has 6 heteroatoms. The summed E-state index contributed by atoms with van der Waals surface area (Å²) in [5, 5.41) is 14.1. The van der Waals surface area contributed by atoms with Crippen molar-refractivity contribution in [3.05, 3.63) is 39.7 Å². The number of halogens is 1. The van der Waals surface area contributed by atoms with Gasteiger partial charge in [0.25, 0.3) is 5.69 Å². The number of methoxy groups -OCH3 is 1. The van der Waals surface area contributed by atoms with Gasteiger partial charge in [-0.2, -0.15) is 0 Å². The Labute approximate surface area is 117 Å². The molecule has 1 aromatic carbocycles. The van der Waals surface area contributed by atoms with Gasteiger partial charge >= 0.3 is 0 Å². The number of hydrogen-bond donors (Lipinski definition) is 1. The van der Waals surface area contributed by atoms with Crippen LogP contribution in [0.1, 0.15) is 24.8 Å². The number of benzene rings is 1. The summed E-state index contributed by atoms with van der Waals surface area (Å²) in [6.07, 6.45) is 3.28. The van der Waals surface area contributed by atoms with Gasteiger partial charge in [-0.25, -0.2) is 4.39 Å². The van der Waals surface area contributed by atoms with Crippen LogP contribution in [-0.4, -0.2) is 25.2 Å². The van der Waals surface area contributed by atoms with E-state index in [-0.39, 0.29) is 11.1 Å². The van der Waals surface area contributed by atoms with Crippen LogP contribution >= 0.6 is 0 Å². The molecule has 0 heterocycles. The average molecular weight is 282 g/mol. The highest BCUT2D eigenvalue weighted by atomic mass is 19.1. The lowest BCUT2D eigenvalue weighted by Gasteiger charge is -2.15. The molecule has 5 nitrogen and oxygen atoms in total. The highest BCUT2D eigenvalue weighted by Crippen LogP contribution is 2.48. The van der Waals surface area contributed by atoms with E-state index in [2.05, 4.69) is 5.32 Å². The topological polar surface area (TPSA) is 64.4 Å². The van der Waals surface area contributed by atoms with Crippen molar-refractivity contribution >= 4 is 5.69 Å². The minimum Gasteiger partial charge on any atom is -0.385 e. The van der Waals surface area contributed by atoms with Gasteiger partial charge in [-0.3, -0.25) is 10.1 Å². The zero-order chi connectivity index (χ0) is 14.6. The molecule has 0 radical (unpaired) electrons. The molecular weight excluding hydrogens is 263 g/mol. The van der Waals surface area contributed by atoms with Gasteiger partial charge in [-0.1, -0.05) is 0 Å². The maximum Gasteiger partial charge on any atom is 0.274 e. The van der Waals surface area contributed by atoms with Gasteiger partial charge in [0.2, 0.25) is 0 Å². The Bertz CT molecular complexity index is 489. The predicted octanol–water partition coefficient (Wildman–Crippen LogP) is 2.64. The molecule has 1 aliphatic rings. The van der Waals surface area contributed by atoms with E-state index in [9.17, 15) is 14.5 Å². The summed E-state index contributed by atoms with van der Waals surface area (Å²) < 4.78 is 18.3. The fourth-order valence-electron chi connectivity index (χ4n) is 2.35. The first-order valence-corrected chi connectivity index (χ1v) is 6.69. The zero-order valence-corrected chi connectivity index (χ0v) is 11.5. The molecule has 1 fully saturated rings. The third-order valence-electron chi connectivity index (χ3n) is 3.85. The number of nitro groups is 1. The Kier molecular flexibility index (Phi) is 4.67. The minimum absolute atomic E-state index is 0.0411. The first kappa shape index (κ1) is 14.9. The van der Waals surface area contributed by atoms with Crippen LogP contribution in [0.25, 0.3) is 0 Å². The van der Waals surface area contributed by atoms with E-state index in [1.165, 1.54) is 12.1 Å². The lowest BCUT2D eigenvalue weighted by atomic mass is 10.0. The van der Waals surface area contributed by atoms with Crippen molar-refractivity contribution < 1.29 is 14.1 Å². The van der Waals surface area contributed by atoms with E-state index in [4.69, 9.17) is 4.74 Å². The second-order valence-electron chi connectivity index (χ2n) is 5.38. The number of nitro benzene ring substituents is 1. The quantitative estimate of drug-likeness (QED) is 0.588. The van der Waals surface area contributed by atoms with Crippen LogP contribution in [0.4, 0.5) is 10.1 Å². The summed E-state index contributed by atoms with van der Waals surface area (Å²) in [5.74, 6) is -0.451. The van der Waals surface area contributed by atoms with Crippen molar-refractivity contribution in [3.8, 4) is 0 Å². The Morgan fingerprint density at radius 3 is 2.85 bits per heavy atom. The molecule has 0 bridgehead atoms. The lowest BCUT2D eigenvalue weighted by molar-refractivity contribution is -0.385. The normalized spacial score (nSPS) is 16.1. The summed E-state index contributed by atoms with van der Waals surface area (Å²) >= 11 is 0. The van der Waals surface area contributed by atoms with E-state index >= 15 is 0 Å². The van der Waals surface area contributed by atoms with E-state index in [1.54, 1.807) is 7.11 Å². The molecule has 20 heavy (non-hydrogen) atoms. The largest absolute Gasteiger partial charge is 0.385 e. The third-order valence-corrected chi connectivity index (χ3v) is 3.85. The van der Waals surface area contributed by atoms with Crippen LogP contribution in [0.5, 0.6) is 0 Å². The molecule has 0 aliphatic heterocycles. The standard InChI is InChI=1S/C14H19FN2O3/c1-20-7-6-14(4-5-14)10-16-9-11-8-12(15)2-3-13(11)17(18)19/h2-3,8,16H,4-7,9-10H2,1H3.